The van der Waals surface area contributed by atoms with Crippen LogP contribution in [0.1, 0.15) is 12.5 Å². The Bertz CT molecular complexity index is 740. The van der Waals surface area contributed by atoms with E-state index in [1.165, 1.54) is 0 Å². The first-order valence-electron chi connectivity index (χ1n) is 6.56. The minimum atomic E-state index is 0.680. The quantitative estimate of drug-likeness (QED) is 0.788. The van der Waals surface area contributed by atoms with Gasteiger partial charge >= 0.3 is 0 Å². The zero-order valence-electron chi connectivity index (χ0n) is 11.5. The number of pyridine rings is 2. The minimum Gasteiger partial charge on any atom is -0.373 e. The average molecular weight is 265 g/mol. The first-order valence-corrected chi connectivity index (χ1v) is 6.56. The lowest BCUT2D eigenvalue weighted by atomic mass is 10.1. The third kappa shape index (κ3) is 2.07. The predicted molar refractivity (Wildman–Crippen MR) is 79.5 cm³/mol. The van der Waals surface area contributed by atoms with Gasteiger partial charge in [-0.1, -0.05) is 6.92 Å². The molecule has 0 aliphatic heterocycles. The van der Waals surface area contributed by atoms with Gasteiger partial charge in [0.25, 0.3) is 0 Å². The van der Waals surface area contributed by atoms with Crippen molar-refractivity contribution in [2.45, 2.75) is 13.3 Å². The highest BCUT2D eigenvalue weighted by Gasteiger charge is 2.11. The molecule has 0 aliphatic rings. The van der Waals surface area contributed by atoms with Gasteiger partial charge in [0.05, 0.1) is 11.7 Å². The monoisotopic (exact) mass is 265 g/mol. The smallest absolute Gasteiger partial charge is 0.162 e. The van der Waals surface area contributed by atoms with E-state index in [4.69, 9.17) is 0 Å². The van der Waals surface area contributed by atoms with Crippen molar-refractivity contribution in [1.29, 1.82) is 0 Å². The molecule has 20 heavy (non-hydrogen) atoms. The summed E-state index contributed by atoms with van der Waals surface area (Å²) in [6, 6.07) is 3.80. The third-order valence-electron chi connectivity index (χ3n) is 3.24. The first-order chi connectivity index (χ1) is 9.83. The molecule has 0 aromatic carbocycles. The Balaban J connectivity index is 2.28. The second kappa shape index (κ2) is 5.21. The number of anilines is 1. The molecule has 0 radical (unpaired) electrons. The van der Waals surface area contributed by atoms with Crippen molar-refractivity contribution < 1.29 is 0 Å². The van der Waals surface area contributed by atoms with Gasteiger partial charge in [0, 0.05) is 36.6 Å². The molecule has 0 saturated heterocycles. The van der Waals surface area contributed by atoms with E-state index in [0.29, 0.717) is 5.82 Å². The summed E-state index contributed by atoms with van der Waals surface area (Å²) in [6.45, 7) is 2.10. The number of nitrogens with zero attached hydrogens (tertiary/aromatic N) is 4. The molecule has 0 bridgehead atoms. The van der Waals surface area contributed by atoms with Crippen LogP contribution in [0.15, 0.2) is 36.9 Å². The van der Waals surface area contributed by atoms with Crippen LogP contribution in [0, 0.1) is 0 Å². The van der Waals surface area contributed by atoms with Crippen LogP contribution in [0.2, 0.25) is 0 Å². The van der Waals surface area contributed by atoms with Crippen LogP contribution in [0.25, 0.3) is 22.3 Å². The van der Waals surface area contributed by atoms with Gasteiger partial charge in [0.2, 0.25) is 0 Å². The summed E-state index contributed by atoms with van der Waals surface area (Å²) in [4.78, 5) is 17.5. The van der Waals surface area contributed by atoms with E-state index in [1.807, 2.05) is 25.4 Å². The maximum atomic E-state index is 4.62. The molecule has 5 nitrogen and oxygen atoms in total. The Hall–Kier alpha value is -2.56. The van der Waals surface area contributed by atoms with Crippen molar-refractivity contribution in [3.05, 3.63) is 42.5 Å². The summed E-state index contributed by atoms with van der Waals surface area (Å²) in [5, 5.41) is 4.20. The van der Waals surface area contributed by atoms with E-state index in [2.05, 4.69) is 32.2 Å². The van der Waals surface area contributed by atoms with E-state index in [-0.39, 0.29) is 0 Å². The van der Waals surface area contributed by atoms with E-state index >= 15 is 0 Å². The van der Waals surface area contributed by atoms with E-state index in [9.17, 15) is 0 Å². The molecule has 3 rings (SSSR count). The Labute approximate surface area is 117 Å². The lowest BCUT2D eigenvalue weighted by Gasteiger charge is -2.10. The van der Waals surface area contributed by atoms with E-state index in [0.717, 1.165) is 34.3 Å². The largest absolute Gasteiger partial charge is 0.373 e. The summed E-state index contributed by atoms with van der Waals surface area (Å²) in [5.41, 5.74) is 2.95. The fraction of sp³-hybridized carbons (Fsp3) is 0.200. The van der Waals surface area contributed by atoms with Crippen LogP contribution in [-0.4, -0.2) is 27.0 Å². The molecule has 0 unspecified atom stereocenters. The highest BCUT2D eigenvalue weighted by atomic mass is 15.0. The lowest BCUT2D eigenvalue weighted by molar-refractivity contribution is 1.11. The van der Waals surface area contributed by atoms with Gasteiger partial charge in [-0.05, 0) is 24.1 Å². The van der Waals surface area contributed by atoms with Gasteiger partial charge in [-0.3, -0.25) is 9.97 Å². The van der Waals surface area contributed by atoms with Crippen LogP contribution in [0.5, 0.6) is 0 Å². The molecule has 3 aromatic heterocycles. The minimum absolute atomic E-state index is 0.680. The van der Waals surface area contributed by atoms with Crippen molar-refractivity contribution in [1.82, 2.24) is 19.9 Å². The Kier molecular flexibility index (Phi) is 3.25. The molecule has 0 saturated carbocycles. The second-order valence-corrected chi connectivity index (χ2v) is 4.43. The van der Waals surface area contributed by atoms with Crippen LogP contribution >= 0.6 is 0 Å². The zero-order chi connectivity index (χ0) is 13.9. The van der Waals surface area contributed by atoms with Crippen molar-refractivity contribution in [2.24, 2.45) is 0 Å². The molecule has 0 fully saturated rings. The van der Waals surface area contributed by atoms with Gasteiger partial charge in [-0.15, -0.1) is 0 Å². The SMILES string of the molecule is CCc1cncc2nc(-c3ccncc3)nc(NC)c12. The lowest BCUT2D eigenvalue weighted by Crippen LogP contribution is -2.01. The Morgan fingerprint density at radius 1 is 1.05 bits per heavy atom. The molecule has 0 atom stereocenters. The first kappa shape index (κ1) is 12.5. The van der Waals surface area contributed by atoms with Crippen LogP contribution < -0.4 is 5.32 Å². The number of aromatic nitrogens is 4. The number of rotatable bonds is 3. The van der Waals surface area contributed by atoms with Crippen molar-refractivity contribution >= 4 is 16.7 Å². The molecule has 100 valence electrons. The third-order valence-corrected chi connectivity index (χ3v) is 3.24. The van der Waals surface area contributed by atoms with Gasteiger partial charge < -0.3 is 5.32 Å². The Morgan fingerprint density at radius 3 is 2.55 bits per heavy atom. The summed E-state index contributed by atoms with van der Waals surface area (Å²) in [6.07, 6.45) is 8.03. The summed E-state index contributed by atoms with van der Waals surface area (Å²) >= 11 is 0. The average Bonchev–Trinajstić information content (AvgIpc) is 2.53. The number of nitrogens with one attached hydrogen (secondary N) is 1. The fourth-order valence-corrected chi connectivity index (χ4v) is 2.23. The number of hydrogen-bond acceptors (Lipinski definition) is 5. The molecular formula is C15H15N5. The van der Waals surface area contributed by atoms with Crippen molar-refractivity contribution in [3.8, 4) is 11.4 Å². The molecule has 0 amide bonds. The van der Waals surface area contributed by atoms with Crippen molar-refractivity contribution in [3.63, 3.8) is 0 Å². The summed E-state index contributed by atoms with van der Waals surface area (Å²) in [5.74, 6) is 1.51. The number of fused-ring (bicyclic) bond motifs is 1. The summed E-state index contributed by atoms with van der Waals surface area (Å²) < 4.78 is 0. The van der Waals surface area contributed by atoms with Gasteiger partial charge in [-0.25, -0.2) is 9.97 Å². The Morgan fingerprint density at radius 2 is 1.85 bits per heavy atom. The summed E-state index contributed by atoms with van der Waals surface area (Å²) in [7, 11) is 1.87. The van der Waals surface area contributed by atoms with Crippen LogP contribution in [0.4, 0.5) is 5.82 Å². The molecular weight excluding hydrogens is 250 g/mol. The predicted octanol–water partition coefficient (Wildman–Crippen LogP) is 2.69. The number of hydrogen-bond donors (Lipinski definition) is 1. The van der Waals surface area contributed by atoms with Gasteiger partial charge in [0.1, 0.15) is 5.82 Å². The van der Waals surface area contributed by atoms with Crippen LogP contribution in [0.3, 0.4) is 0 Å². The standard InChI is InChI=1S/C15H15N5/c1-3-10-8-18-9-12-13(10)15(16-2)20-14(19-12)11-4-6-17-7-5-11/h4-9H,3H2,1-2H3,(H,16,19,20). The van der Waals surface area contributed by atoms with Gasteiger partial charge in [0.15, 0.2) is 5.82 Å². The zero-order valence-corrected chi connectivity index (χ0v) is 11.5. The number of aryl methyl sites for hydroxylation is 1. The molecule has 0 aliphatic carbocycles. The van der Waals surface area contributed by atoms with Gasteiger partial charge in [-0.2, -0.15) is 0 Å². The van der Waals surface area contributed by atoms with E-state index < -0.39 is 0 Å². The second-order valence-electron chi connectivity index (χ2n) is 4.43. The maximum absolute atomic E-state index is 4.62. The highest BCUT2D eigenvalue weighted by Crippen LogP contribution is 2.26. The molecule has 3 aromatic rings. The molecule has 0 spiro atoms. The molecule has 1 N–H and O–H groups in total. The van der Waals surface area contributed by atoms with Crippen LogP contribution in [-0.2, 0) is 6.42 Å². The van der Waals surface area contributed by atoms with Crippen molar-refractivity contribution in [2.75, 3.05) is 12.4 Å². The van der Waals surface area contributed by atoms with E-state index in [1.54, 1.807) is 18.6 Å². The highest BCUT2D eigenvalue weighted by molar-refractivity contribution is 5.92. The molecule has 3 heterocycles. The normalized spacial score (nSPS) is 10.7. The topological polar surface area (TPSA) is 63.6 Å². The fourth-order valence-electron chi connectivity index (χ4n) is 2.23. The maximum Gasteiger partial charge on any atom is 0.162 e. The molecule has 5 heteroatoms.